The summed E-state index contributed by atoms with van der Waals surface area (Å²) >= 11 is 0. The maximum absolute atomic E-state index is 11.8. The third kappa shape index (κ3) is 6.34. The predicted molar refractivity (Wildman–Crippen MR) is 90.1 cm³/mol. The Balaban J connectivity index is 1.85. The number of allylic oxidation sites excluding steroid dienone is 1. The summed E-state index contributed by atoms with van der Waals surface area (Å²) in [6.07, 6.45) is 1.33. The SMILES string of the molecule is CC(C)(C)OC(=O)/C=C1/CC[C@@H](O)[C@@H](COCc2ccccc2)O1. The van der Waals surface area contributed by atoms with Gasteiger partial charge in [0.2, 0.25) is 0 Å². The second-order valence-corrected chi connectivity index (χ2v) is 6.91. The van der Waals surface area contributed by atoms with E-state index in [1.54, 1.807) is 0 Å². The van der Waals surface area contributed by atoms with Crippen LogP contribution < -0.4 is 0 Å². The topological polar surface area (TPSA) is 65.0 Å². The van der Waals surface area contributed by atoms with Gasteiger partial charge in [-0.3, -0.25) is 0 Å². The third-order valence-electron chi connectivity index (χ3n) is 3.50. The van der Waals surface area contributed by atoms with Crippen LogP contribution in [0.25, 0.3) is 0 Å². The van der Waals surface area contributed by atoms with Crippen molar-refractivity contribution in [1.82, 2.24) is 0 Å². The monoisotopic (exact) mass is 334 g/mol. The molecule has 132 valence electrons. The maximum atomic E-state index is 11.8. The lowest BCUT2D eigenvalue weighted by molar-refractivity contribution is -0.149. The molecule has 5 heteroatoms. The quantitative estimate of drug-likeness (QED) is 0.662. The largest absolute Gasteiger partial charge is 0.489 e. The Morgan fingerprint density at radius 3 is 2.71 bits per heavy atom. The molecule has 1 aromatic carbocycles. The van der Waals surface area contributed by atoms with Crippen molar-refractivity contribution in [3.8, 4) is 0 Å². The first-order valence-electron chi connectivity index (χ1n) is 8.23. The predicted octanol–water partition coefficient (Wildman–Crippen LogP) is 2.97. The molecule has 0 saturated carbocycles. The molecule has 0 amide bonds. The van der Waals surface area contributed by atoms with Crippen molar-refractivity contribution in [3.63, 3.8) is 0 Å². The summed E-state index contributed by atoms with van der Waals surface area (Å²) in [5.74, 6) is 0.0979. The normalized spacial score (nSPS) is 22.9. The van der Waals surface area contributed by atoms with E-state index >= 15 is 0 Å². The molecule has 1 N–H and O–H groups in total. The molecular formula is C19H26O5. The first kappa shape index (κ1) is 18.5. The van der Waals surface area contributed by atoms with Gasteiger partial charge in [-0.05, 0) is 32.8 Å². The Bertz CT molecular complexity index is 559. The third-order valence-corrected chi connectivity index (χ3v) is 3.50. The van der Waals surface area contributed by atoms with Crippen molar-refractivity contribution < 1.29 is 24.1 Å². The number of ether oxygens (including phenoxy) is 3. The fraction of sp³-hybridized carbons (Fsp3) is 0.526. The van der Waals surface area contributed by atoms with Crippen molar-refractivity contribution in [3.05, 3.63) is 47.7 Å². The molecule has 1 heterocycles. The Hall–Kier alpha value is -1.85. The van der Waals surface area contributed by atoms with Gasteiger partial charge < -0.3 is 19.3 Å². The molecule has 24 heavy (non-hydrogen) atoms. The highest BCUT2D eigenvalue weighted by molar-refractivity contribution is 5.82. The van der Waals surface area contributed by atoms with E-state index in [4.69, 9.17) is 14.2 Å². The van der Waals surface area contributed by atoms with Gasteiger partial charge in [-0.15, -0.1) is 0 Å². The highest BCUT2D eigenvalue weighted by Crippen LogP contribution is 2.23. The van der Waals surface area contributed by atoms with Crippen LogP contribution in [-0.2, 0) is 25.6 Å². The minimum atomic E-state index is -0.600. The lowest BCUT2D eigenvalue weighted by Gasteiger charge is -2.30. The smallest absolute Gasteiger partial charge is 0.334 e. The van der Waals surface area contributed by atoms with Gasteiger partial charge in [-0.2, -0.15) is 0 Å². The highest BCUT2D eigenvalue weighted by Gasteiger charge is 2.28. The molecule has 0 spiro atoms. The molecule has 0 aromatic heterocycles. The molecule has 0 bridgehead atoms. The minimum absolute atomic E-state index is 0.266. The van der Waals surface area contributed by atoms with Crippen LogP contribution in [-0.4, -0.2) is 35.5 Å². The summed E-state index contributed by atoms with van der Waals surface area (Å²) in [7, 11) is 0. The zero-order chi connectivity index (χ0) is 17.6. The summed E-state index contributed by atoms with van der Waals surface area (Å²) in [4.78, 5) is 11.8. The highest BCUT2D eigenvalue weighted by atomic mass is 16.6. The van der Waals surface area contributed by atoms with Gasteiger partial charge in [-0.25, -0.2) is 4.79 Å². The minimum Gasteiger partial charge on any atom is -0.489 e. The molecular weight excluding hydrogens is 308 g/mol. The number of carbonyl (C=O) groups excluding carboxylic acids is 1. The number of esters is 1. The molecule has 5 nitrogen and oxygen atoms in total. The first-order chi connectivity index (χ1) is 11.3. The summed E-state index contributed by atoms with van der Waals surface area (Å²) in [6.45, 7) is 6.17. The summed E-state index contributed by atoms with van der Waals surface area (Å²) in [5, 5.41) is 10.1. The molecule has 1 fully saturated rings. The number of benzene rings is 1. The fourth-order valence-corrected chi connectivity index (χ4v) is 2.39. The Kier molecular flexibility index (Phi) is 6.40. The second-order valence-electron chi connectivity index (χ2n) is 6.91. The van der Waals surface area contributed by atoms with Gasteiger partial charge in [-0.1, -0.05) is 30.3 Å². The number of hydrogen-bond donors (Lipinski definition) is 1. The molecule has 2 atom stereocenters. The molecule has 0 unspecified atom stereocenters. The van der Waals surface area contributed by atoms with E-state index < -0.39 is 23.8 Å². The Labute approximate surface area is 143 Å². The van der Waals surface area contributed by atoms with Crippen LogP contribution in [0.5, 0.6) is 0 Å². The molecule has 0 radical (unpaired) electrons. The first-order valence-corrected chi connectivity index (χ1v) is 8.23. The number of hydrogen-bond acceptors (Lipinski definition) is 5. The van der Waals surface area contributed by atoms with Gasteiger partial charge in [0.25, 0.3) is 0 Å². The Morgan fingerprint density at radius 2 is 2.04 bits per heavy atom. The van der Waals surface area contributed by atoms with Crippen LogP contribution in [0.15, 0.2) is 42.2 Å². The van der Waals surface area contributed by atoms with Crippen molar-refractivity contribution in [1.29, 1.82) is 0 Å². The standard InChI is InChI=1S/C19H26O5/c1-19(2,3)24-18(21)11-15-9-10-16(20)17(23-15)13-22-12-14-7-5-4-6-8-14/h4-8,11,16-17,20H,9-10,12-13H2,1-3H3/b15-11-/t16-,17-/m1/s1. The molecule has 1 saturated heterocycles. The zero-order valence-corrected chi connectivity index (χ0v) is 14.5. The molecule has 2 rings (SSSR count). The summed E-state index contributed by atoms with van der Waals surface area (Å²) < 4.78 is 16.6. The average molecular weight is 334 g/mol. The maximum Gasteiger partial charge on any atom is 0.334 e. The van der Waals surface area contributed by atoms with Gasteiger partial charge in [0.1, 0.15) is 17.5 Å². The van der Waals surface area contributed by atoms with Gasteiger partial charge in [0.05, 0.1) is 25.4 Å². The van der Waals surface area contributed by atoms with Crippen molar-refractivity contribution >= 4 is 5.97 Å². The summed E-state index contributed by atoms with van der Waals surface area (Å²) in [6, 6.07) is 9.81. The average Bonchev–Trinajstić information content (AvgIpc) is 2.49. The molecule has 1 aromatic rings. The zero-order valence-electron chi connectivity index (χ0n) is 14.5. The molecule has 1 aliphatic rings. The van der Waals surface area contributed by atoms with E-state index in [1.807, 2.05) is 51.1 Å². The van der Waals surface area contributed by atoms with Gasteiger partial charge >= 0.3 is 5.97 Å². The van der Waals surface area contributed by atoms with Gasteiger partial charge in [0, 0.05) is 6.42 Å². The van der Waals surface area contributed by atoms with Crippen LogP contribution >= 0.6 is 0 Å². The van der Waals surface area contributed by atoms with E-state index in [0.29, 0.717) is 25.2 Å². The fourth-order valence-electron chi connectivity index (χ4n) is 2.39. The molecule has 0 aliphatic carbocycles. The lowest BCUT2D eigenvalue weighted by Crippen LogP contribution is -2.37. The van der Waals surface area contributed by atoms with Gasteiger partial charge in [0.15, 0.2) is 0 Å². The van der Waals surface area contributed by atoms with Crippen molar-refractivity contribution in [2.75, 3.05) is 6.61 Å². The number of aliphatic hydroxyl groups excluding tert-OH is 1. The van der Waals surface area contributed by atoms with Crippen LogP contribution in [0, 0.1) is 0 Å². The number of rotatable bonds is 5. The van der Waals surface area contributed by atoms with E-state index in [1.165, 1.54) is 6.08 Å². The summed E-state index contributed by atoms with van der Waals surface area (Å²) in [5.41, 5.74) is 0.521. The van der Waals surface area contributed by atoms with Crippen LogP contribution in [0.3, 0.4) is 0 Å². The van der Waals surface area contributed by atoms with E-state index in [0.717, 1.165) is 5.56 Å². The van der Waals surface area contributed by atoms with Crippen LogP contribution in [0.4, 0.5) is 0 Å². The van der Waals surface area contributed by atoms with E-state index in [2.05, 4.69) is 0 Å². The van der Waals surface area contributed by atoms with E-state index in [-0.39, 0.29) is 6.61 Å². The number of carbonyl (C=O) groups is 1. The van der Waals surface area contributed by atoms with Crippen molar-refractivity contribution in [2.45, 2.75) is 58.0 Å². The Morgan fingerprint density at radius 1 is 1.33 bits per heavy atom. The van der Waals surface area contributed by atoms with E-state index in [9.17, 15) is 9.90 Å². The van der Waals surface area contributed by atoms with Crippen LogP contribution in [0.2, 0.25) is 0 Å². The molecule has 1 aliphatic heterocycles. The van der Waals surface area contributed by atoms with Crippen LogP contribution in [0.1, 0.15) is 39.2 Å². The lowest BCUT2D eigenvalue weighted by atomic mass is 10.0. The van der Waals surface area contributed by atoms with Crippen molar-refractivity contribution in [2.24, 2.45) is 0 Å². The second kappa shape index (κ2) is 8.31. The number of aliphatic hydroxyl groups is 1.